The minimum absolute atomic E-state index is 0.00448. The average molecular weight is 520 g/mol. The van der Waals surface area contributed by atoms with E-state index in [9.17, 15) is 14.4 Å². The maximum absolute atomic E-state index is 12.7. The molecule has 1 saturated heterocycles. The molecule has 11 heteroatoms. The third-order valence-corrected chi connectivity index (χ3v) is 6.99. The molecule has 0 unspecified atom stereocenters. The van der Waals surface area contributed by atoms with Crippen LogP contribution in [0.4, 0.5) is 0 Å². The van der Waals surface area contributed by atoms with E-state index in [0.29, 0.717) is 27.7 Å². The zero-order valence-electron chi connectivity index (χ0n) is 20.2. The van der Waals surface area contributed by atoms with Crippen LogP contribution in [0, 0.1) is 5.41 Å². The Hall–Kier alpha value is -3.99. The zero-order valence-corrected chi connectivity index (χ0v) is 21.0. The van der Waals surface area contributed by atoms with Gasteiger partial charge in [0.25, 0.3) is 5.91 Å². The molecule has 0 atom stereocenters. The van der Waals surface area contributed by atoms with E-state index in [1.54, 1.807) is 43.3 Å². The van der Waals surface area contributed by atoms with Crippen molar-refractivity contribution in [3.63, 3.8) is 0 Å². The summed E-state index contributed by atoms with van der Waals surface area (Å²) >= 11 is 1.14. The lowest BCUT2D eigenvalue weighted by Gasteiger charge is -2.26. The Balaban J connectivity index is 1.32. The molecule has 3 aliphatic rings. The number of thioether (sulfide) groups is 1. The van der Waals surface area contributed by atoms with E-state index < -0.39 is 11.9 Å². The molecular weight excluding hydrogens is 494 g/mol. The Morgan fingerprint density at radius 2 is 2.00 bits per heavy atom. The molecular formula is C26H25N5O5S. The molecule has 3 aliphatic heterocycles. The molecule has 10 nitrogen and oxygen atoms in total. The van der Waals surface area contributed by atoms with Crippen LogP contribution < -0.4 is 0 Å². The van der Waals surface area contributed by atoms with Crippen LogP contribution in [0.2, 0.25) is 0 Å². The van der Waals surface area contributed by atoms with Crippen LogP contribution in [0.25, 0.3) is 17.4 Å². The molecule has 0 radical (unpaired) electrons. The molecule has 0 saturated carbocycles. The van der Waals surface area contributed by atoms with Gasteiger partial charge in [0.2, 0.25) is 11.1 Å². The molecule has 2 aromatic rings. The first kappa shape index (κ1) is 24.7. The number of piperidine rings is 1. The van der Waals surface area contributed by atoms with Crippen molar-refractivity contribution >= 4 is 51.7 Å². The minimum atomic E-state index is -0.579. The number of ether oxygens (including phenoxy) is 1. The lowest BCUT2D eigenvalue weighted by molar-refractivity contribution is -0.130. The summed E-state index contributed by atoms with van der Waals surface area (Å²) < 4.78 is 10.9. The highest BCUT2D eigenvalue weighted by Crippen LogP contribution is 2.31. The monoisotopic (exact) mass is 519 g/mol. The van der Waals surface area contributed by atoms with Crippen molar-refractivity contribution in [3.8, 4) is 11.3 Å². The standard InChI is InChI=1S/C26H25N5O5S/c1-2-35-25(34)17-8-6-7-16(13-17)20-10-9-18(36-20)14-19-23(27)31-26(28-24(19)33)37-21(29-31)15-22(32)30-11-4-3-5-12-30/h6-10,13-14,27H,2-5,11-12,15H2,1H3/b19-14-,27-23?. The van der Waals surface area contributed by atoms with Gasteiger partial charge in [-0.3, -0.25) is 15.0 Å². The van der Waals surface area contributed by atoms with Gasteiger partial charge in [0.15, 0.2) is 5.84 Å². The Morgan fingerprint density at radius 1 is 1.19 bits per heavy atom. The summed E-state index contributed by atoms with van der Waals surface area (Å²) in [6, 6.07) is 10.2. The van der Waals surface area contributed by atoms with Crippen molar-refractivity contribution in [1.82, 2.24) is 9.91 Å². The number of fused-ring (bicyclic) bond motifs is 1. The number of benzene rings is 1. The molecule has 190 valence electrons. The number of rotatable bonds is 6. The third kappa shape index (κ3) is 5.26. The molecule has 1 N–H and O–H groups in total. The highest BCUT2D eigenvalue weighted by Gasteiger charge is 2.36. The minimum Gasteiger partial charge on any atom is -0.462 e. The maximum Gasteiger partial charge on any atom is 0.338 e. The second kappa shape index (κ2) is 10.6. The molecule has 5 rings (SSSR count). The smallest absolute Gasteiger partial charge is 0.338 e. The average Bonchev–Trinajstić information content (AvgIpc) is 3.54. The number of likely N-dealkylation sites (tertiary alicyclic amines) is 1. The number of esters is 1. The number of amidine groups is 2. The molecule has 0 aliphatic carbocycles. The van der Waals surface area contributed by atoms with Gasteiger partial charge in [0.05, 0.1) is 24.2 Å². The molecule has 1 aromatic heterocycles. The van der Waals surface area contributed by atoms with Crippen LogP contribution in [0.1, 0.15) is 48.7 Å². The van der Waals surface area contributed by atoms with Crippen molar-refractivity contribution in [1.29, 1.82) is 5.41 Å². The number of hydrogen-bond donors (Lipinski definition) is 1. The summed E-state index contributed by atoms with van der Waals surface area (Å²) in [5.41, 5.74) is 1.10. The summed E-state index contributed by atoms with van der Waals surface area (Å²) in [7, 11) is 0. The summed E-state index contributed by atoms with van der Waals surface area (Å²) in [6.45, 7) is 3.52. The number of hydrazone groups is 1. The zero-order chi connectivity index (χ0) is 25.9. The molecule has 1 fully saturated rings. The van der Waals surface area contributed by atoms with Crippen LogP contribution in [-0.4, -0.2) is 63.4 Å². The second-order valence-electron chi connectivity index (χ2n) is 8.64. The lowest BCUT2D eigenvalue weighted by Crippen LogP contribution is -2.36. The van der Waals surface area contributed by atoms with E-state index in [1.807, 2.05) is 4.90 Å². The number of carbonyl (C=O) groups is 3. The number of carbonyl (C=O) groups excluding carboxylic acids is 3. The third-order valence-electron chi connectivity index (χ3n) is 6.08. The molecule has 4 heterocycles. The Bertz CT molecular complexity index is 1370. The van der Waals surface area contributed by atoms with E-state index in [4.69, 9.17) is 14.6 Å². The summed E-state index contributed by atoms with van der Waals surface area (Å²) in [6.07, 6.45) is 4.70. The number of nitrogens with one attached hydrogen (secondary N) is 1. The number of aliphatic imine (C=N–C) groups is 1. The predicted molar refractivity (Wildman–Crippen MR) is 140 cm³/mol. The Morgan fingerprint density at radius 3 is 2.78 bits per heavy atom. The van der Waals surface area contributed by atoms with Gasteiger partial charge in [0, 0.05) is 18.7 Å². The van der Waals surface area contributed by atoms with E-state index in [-0.39, 0.29) is 35.5 Å². The van der Waals surface area contributed by atoms with Gasteiger partial charge >= 0.3 is 5.97 Å². The summed E-state index contributed by atoms with van der Waals surface area (Å²) in [5.74, 6) is -0.302. The van der Waals surface area contributed by atoms with Crippen LogP contribution in [0.15, 0.2) is 56.5 Å². The molecule has 1 aromatic carbocycles. The topological polar surface area (TPSA) is 129 Å². The van der Waals surface area contributed by atoms with Crippen molar-refractivity contribution in [3.05, 3.63) is 53.3 Å². The summed E-state index contributed by atoms with van der Waals surface area (Å²) in [4.78, 5) is 43.3. The van der Waals surface area contributed by atoms with Crippen LogP contribution >= 0.6 is 11.8 Å². The van der Waals surface area contributed by atoms with Crippen LogP contribution in [0.3, 0.4) is 0 Å². The first-order chi connectivity index (χ1) is 17.9. The molecule has 0 bridgehead atoms. The number of furan rings is 1. The van der Waals surface area contributed by atoms with E-state index in [2.05, 4.69) is 10.1 Å². The normalized spacial score (nSPS) is 18.6. The van der Waals surface area contributed by atoms with Gasteiger partial charge in [-0.25, -0.2) is 4.79 Å². The van der Waals surface area contributed by atoms with E-state index in [0.717, 1.165) is 44.1 Å². The van der Waals surface area contributed by atoms with Gasteiger partial charge in [0.1, 0.15) is 16.6 Å². The fraction of sp³-hybridized carbons (Fsp3) is 0.308. The first-order valence-electron chi connectivity index (χ1n) is 12.1. The lowest BCUT2D eigenvalue weighted by atomic mass is 10.1. The van der Waals surface area contributed by atoms with Gasteiger partial charge in [-0.1, -0.05) is 12.1 Å². The van der Waals surface area contributed by atoms with Crippen LogP contribution in [0.5, 0.6) is 0 Å². The van der Waals surface area contributed by atoms with E-state index >= 15 is 0 Å². The fourth-order valence-electron chi connectivity index (χ4n) is 4.23. The highest BCUT2D eigenvalue weighted by atomic mass is 32.2. The van der Waals surface area contributed by atoms with Gasteiger partial charge in [-0.15, -0.1) is 0 Å². The van der Waals surface area contributed by atoms with Gasteiger partial charge in [-0.05, 0) is 68.3 Å². The molecule has 37 heavy (non-hydrogen) atoms. The first-order valence-corrected chi connectivity index (χ1v) is 12.9. The summed E-state index contributed by atoms with van der Waals surface area (Å²) in [5, 5.41) is 15.0. The fourth-order valence-corrected chi connectivity index (χ4v) is 5.11. The van der Waals surface area contributed by atoms with Crippen molar-refractivity contribution in [2.75, 3.05) is 19.7 Å². The van der Waals surface area contributed by atoms with Gasteiger partial charge < -0.3 is 14.1 Å². The van der Waals surface area contributed by atoms with Gasteiger partial charge in [-0.2, -0.15) is 15.1 Å². The van der Waals surface area contributed by atoms with Crippen molar-refractivity contribution in [2.45, 2.75) is 32.6 Å². The highest BCUT2D eigenvalue weighted by molar-refractivity contribution is 8.27. The molecule has 2 amide bonds. The Kier molecular flexibility index (Phi) is 7.04. The van der Waals surface area contributed by atoms with Crippen molar-refractivity contribution in [2.24, 2.45) is 10.1 Å². The SMILES string of the molecule is CCOC(=O)c1cccc(-c2ccc(/C=C3/C(=N)N4N=C(CC(=O)N5CCCCC5)SC4=NC3=O)o2)c1. The Labute approximate surface area is 217 Å². The maximum atomic E-state index is 12.7. The second-order valence-corrected chi connectivity index (χ2v) is 9.68. The van der Waals surface area contributed by atoms with E-state index in [1.165, 1.54) is 11.1 Å². The van der Waals surface area contributed by atoms with Crippen molar-refractivity contribution < 1.29 is 23.5 Å². The number of hydrogen-bond acceptors (Lipinski definition) is 8. The predicted octanol–water partition coefficient (Wildman–Crippen LogP) is 4.15. The molecule has 0 spiro atoms. The largest absolute Gasteiger partial charge is 0.462 e. The number of amides is 2. The quantitative estimate of drug-likeness (QED) is 0.448. The number of nitrogens with zero attached hydrogens (tertiary/aromatic N) is 4. The van der Waals surface area contributed by atoms with Crippen LogP contribution in [-0.2, 0) is 14.3 Å².